The van der Waals surface area contributed by atoms with Crippen LogP contribution in [0.1, 0.15) is 49.5 Å². The second kappa shape index (κ2) is 12.5. The molecule has 0 unspecified atom stereocenters. The predicted molar refractivity (Wildman–Crippen MR) is 165 cm³/mol. The number of hydrogen-bond donors (Lipinski definition) is 1. The van der Waals surface area contributed by atoms with E-state index in [4.69, 9.17) is 14.1 Å². The fourth-order valence-corrected chi connectivity index (χ4v) is 5.11. The van der Waals surface area contributed by atoms with Crippen molar-refractivity contribution in [3.8, 4) is 28.7 Å². The van der Waals surface area contributed by atoms with Crippen molar-refractivity contribution < 1.29 is 18.7 Å². The number of aromatic nitrogens is 1. The zero-order valence-electron chi connectivity index (χ0n) is 23.3. The van der Waals surface area contributed by atoms with Crippen molar-refractivity contribution in [1.29, 1.82) is 5.26 Å². The molecular weight excluding hydrogens is 546 g/mol. The summed E-state index contributed by atoms with van der Waals surface area (Å²) in [5.41, 5.74) is 5.62. The molecule has 0 saturated heterocycles. The number of furan rings is 1. The van der Waals surface area contributed by atoms with Gasteiger partial charge in [0, 0.05) is 22.8 Å². The van der Waals surface area contributed by atoms with E-state index in [1.54, 1.807) is 61.5 Å². The van der Waals surface area contributed by atoms with Gasteiger partial charge in [0.2, 0.25) is 0 Å². The number of anilines is 1. The van der Waals surface area contributed by atoms with Gasteiger partial charge in [-0.2, -0.15) is 5.26 Å². The number of esters is 1. The summed E-state index contributed by atoms with van der Waals surface area (Å²) < 4.78 is 11.0. The highest BCUT2D eigenvalue weighted by molar-refractivity contribution is 7.17. The van der Waals surface area contributed by atoms with E-state index in [9.17, 15) is 14.9 Å². The third kappa shape index (κ3) is 6.38. The molecule has 8 heteroatoms. The molecule has 5 aromatic rings. The van der Waals surface area contributed by atoms with Gasteiger partial charge in [0.15, 0.2) is 0 Å². The van der Waals surface area contributed by atoms with Crippen LogP contribution >= 0.6 is 11.3 Å². The summed E-state index contributed by atoms with van der Waals surface area (Å²) in [5, 5.41) is 14.0. The second-order valence-electron chi connectivity index (χ2n) is 9.55. The number of ether oxygens (including phenoxy) is 1. The third-order valence-electron chi connectivity index (χ3n) is 6.44. The molecule has 1 N–H and O–H groups in total. The molecule has 0 aliphatic carbocycles. The van der Waals surface area contributed by atoms with E-state index in [1.807, 2.05) is 50.2 Å². The number of amides is 1. The van der Waals surface area contributed by atoms with Gasteiger partial charge >= 0.3 is 5.97 Å². The van der Waals surface area contributed by atoms with Crippen molar-refractivity contribution in [2.75, 3.05) is 11.9 Å². The van der Waals surface area contributed by atoms with Gasteiger partial charge in [-0.1, -0.05) is 71.0 Å². The molecule has 0 aliphatic heterocycles. The van der Waals surface area contributed by atoms with Crippen molar-refractivity contribution in [1.82, 2.24) is 4.98 Å². The van der Waals surface area contributed by atoms with Gasteiger partial charge in [-0.15, -0.1) is 0 Å². The van der Waals surface area contributed by atoms with Gasteiger partial charge in [-0.05, 0) is 57.2 Å². The first kappa shape index (κ1) is 28.3. The second-order valence-corrected chi connectivity index (χ2v) is 10.6. The minimum Gasteiger partial charge on any atom is -0.462 e. The number of carbonyl (C=O) groups is 2. The van der Waals surface area contributed by atoms with E-state index in [-0.39, 0.29) is 11.9 Å². The monoisotopic (exact) mass is 573 g/mol. The van der Waals surface area contributed by atoms with Crippen LogP contribution in [0.5, 0.6) is 0 Å². The van der Waals surface area contributed by atoms with Crippen LogP contribution in [-0.2, 0) is 4.74 Å². The average Bonchev–Trinajstić information content (AvgIpc) is 3.64. The van der Waals surface area contributed by atoms with E-state index >= 15 is 0 Å². The Morgan fingerprint density at radius 3 is 2.17 bits per heavy atom. The Morgan fingerprint density at radius 2 is 1.52 bits per heavy atom. The first-order chi connectivity index (χ1) is 20.3. The molecule has 2 aromatic heterocycles. The molecule has 3 aromatic carbocycles. The van der Waals surface area contributed by atoms with Crippen molar-refractivity contribution in [3.05, 3.63) is 118 Å². The molecule has 7 nitrogen and oxygen atoms in total. The summed E-state index contributed by atoms with van der Waals surface area (Å²) >= 11 is 1.23. The number of aryl methyl sites for hydroxylation is 2. The molecule has 2 heterocycles. The number of thiazole rings is 1. The Hall–Kier alpha value is -5.26. The van der Waals surface area contributed by atoms with Gasteiger partial charge in [0.1, 0.15) is 33.3 Å². The first-order valence-electron chi connectivity index (χ1n) is 13.3. The Balaban J connectivity index is 1.45. The first-order valence-corrected chi connectivity index (χ1v) is 14.1. The molecule has 0 atom stereocenters. The summed E-state index contributed by atoms with van der Waals surface area (Å²) in [5.74, 6) is 0.409. The molecular formula is C34H27N3O4S. The number of hydrogen-bond acceptors (Lipinski definition) is 7. The highest BCUT2D eigenvalue weighted by atomic mass is 32.1. The van der Waals surface area contributed by atoms with E-state index in [0.29, 0.717) is 50.5 Å². The average molecular weight is 574 g/mol. The fraction of sp³-hybridized carbons (Fsp3) is 0.118. The maximum Gasteiger partial charge on any atom is 0.338 e. The lowest BCUT2D eigenvalue weighted by atomic mass is 10.1. The van der Waals surface area contributed by atoms with Crippen LogP contribution in [0.3, 0.4) is 0 Å². The quantitative estimate of drug-likeness (QED) is 0.148. The van der Waals surface area contributed by atoms with Crippen molar-refractivity contribution in [3.63, 3.8) is 0 Å². The Bertz CT molecular complexity index is 1810. The Morgan fingerprint density at radius 1 is 0.905 bits per heavy atom. The number of carbonyl (C=O) groups excluding carboxylic acids is 2. The summed E-state index contributed by atoms with van der Waals surface area (Å²) in [4.78, 5) is 29.8. The molecule has 0 bridgehead atoms. The molecule has 5 rings (SSSR count). The van der Waals surface area contributed by atoms with E-state index in [2.05, 4.69) is 11.4 Å². The third-order valence-corrected chi connectivity index (χ3v) is 7.44. The summed E-state index contributed by atoms with van der Waals surface area (Å²) in [6.45, 7) is 6.03. The number of nitrogens with one attached hydrogen (secondary N) is 1. The predicted octanol–water partition coefficient (Wildman–Crippen LogP) is 8.18. The minimum absolute atomic E-state index is 0.259. The van der Waals surface area contributed by atoms with Crippen LogP contribution in [0.25, 0.3) is 34.2 Å². The summed E-state index contributed by atoms with van der Waals surface area (Å²) in [7, 11) is 0. The largest absolute Gasteiger partial charge is 0.462 e. The normalized spacial score (nSPS) is 11.1. The number of nitrogens with zero attached hydrogens (tertiary/aromatic N) is 2. The van der Waals surface area contributed by atoms with Crippen LogP contribution in [0.15, 0.2) is 89.3 Å². The zero-order chi connectivity index (χ0) is 29.6. The summed E-state index contributed by atoms with van der Waals surface area (Å²) in [6, 6.07) is 27.9. The Kier molecular flexibility index (Phi) is 8.42. The van der Waals surface area contributed by atoms with Crippen molar-refractivity contribution >= 4 is 39.9 Å². The Labute approximate surface area is 247 Å². The zero-order valence-corrected chi connectivity index (χ0v) is 24.1. The van der Waals surface area contributed by atoms with E-state index < -0.39 is 0 Å². The summed E-state index contributed by atoms with van der Waals surface area (Å²) in [6.07, 6.45) is 1.62. The number of nitriles is 1. The maximum atomic E-state index is 13.1. The molecule has 0 radical (unpaired) electrons. The molecule has 42 heavy (non-hydrogen) atoms. The highest BCUT2D eigenvalue weighted by Crippen LogP contribution is 2.37. The van der Waals surface area contributed by atoms with Crippen LogP contribution in [0, 0.1) is 25.2 Å². The molecule has 0 fully saturated rings. The maximum absolute atomic E-state index is 13.1. The van der Waals surface area contributed by atoms with Gasteiger partial charge in [0.05, 0.1) is 17.7 Å². The number of rotatable bonds is 8. The highest BCUT2D eigenvalue weighted by Gasteiger charge is 2.19. The number of allylic oxidation sites excluding steroid dienone is 1. The van der Waals surface area contributed by atoms with Crippen molar-refractivity contribution in [2.45, 2.75) is 20.8 Å². The van der Waals surface area contributed by atoms with Gasteiger partial charge in [-0.25, -0.2) is 9.78 Å². The van der Waals surface area contributed by atoms with Gasteiger partial charge in [0.25, 0.3) is 5.91 Å². The van der Waals surface area contributed by atoms with Crippen LogP contribution in [0.4, 0.5) is 5.00 Å². The molecule has 1 amide bonds. The topological polar surface area (TPSA) is 105 Å². The lowest BCUT2D eigenvalue weighted by Crippen LogP contribution is -2.11. The SMILES string of the molecule is CCOC(=O)c1ccc(-c2ccc(/C=C(\C#N)c3nc(-c4ccc(C)cc4)c(NC(=O)c4ccc(C)cc4)s3)o2)cc1. The van der Waals surface area contributed by atoms with Crippen LogP contribution in [-0.4, -0.2) is 23.5 Å². The molecule has 208 valence electrons. The molecule has 0 spiro atoms. The van der Waals surface area contributed by atoms with Gasteiger partial charge < -0.3 is 14.5 Å². The minimum atomic E-state index is -0.381. The van der Waals surface area contributed by atoms with E-state index in [1.165, 1.54) is 11.3 Å². The number of benzene rings is 3. The van der Waals surface area contributed by atoms with Crippen LogP contribution in [0.2, 0.25) is 0 Å². The lowest BCUT2D eigenvalue weighted by Gasteiger charge is -2.06. The smallest absolute Gasteiger partial charge is 0.338 e. The fourth-order valence-electron chi connectivity index (χ4n) is 4.16. The lowest BCUT2D eigenvalue weighted by molar-refractivity contribution is 0.0526. The van der Waals surface area contributed by atoms with Gasteiger partial charge in [-0.3, -0.25) is 4.79 Å². The molecule has 0 saturated carbocycles. The van der Waals surface area contributed by atoms with Crippen LogP contribution < -0.4 is 5.32 Å². The van der Waals surface area contributed by atoms with Crippen molar-refractivity contribution in [2.24, 2.45) is 0 Å². The molecule has 0 aliphatic rings. The standard InChI is InChI=1S/C34H27N3O4S/c1-4-40-34(39)26-15-13-23(14-16-26)29-18-17-28(41-29)19-27(20-35)32-36-30(24-9-5-21(2)6-10-24)33(42-32)37-31(38)25-11-7-22(3)8-12-25/h5-19H,4H2,1-3H3,(H,37,38)/b27-19+. The van der Waals surface area contributed by atoms with E-state index in [0.717, 1.165) is 22.3 Å².